The number of hydrogen-bond acceptors (Lipinski definition) is 6. The number of carbonyl (C=O) groups excluding carboxylic acids is 1. The molecular weight excluding hydrogens is 365 g/mol. The predicted octanol–water partition coefficient (Wildman–Crippen LogP) is 2.43. The molecule has 0 aliphatic carbocycles. The molecule has 0 saturated carbocycles. The molecule has 2 rings (SSSR count). The van der Waals surface area contributed by atoms with Crippen LogP contribution in [0, 0.1) is 10.1 Å². The van der Waals surface area contributed by atoms with Gasteiger partial charge in [-0.15, -0.1) is 0 Å². The number of hydrogen-bond donors (Lipinski definition) is 2. The van der Waals surface area contributed by atoms with Crippen molar-refractivity contribution in [1.29, 1.82) is 0 Å². The van der Waals surface area contributed by atoms with Crippen molar-refractivity contribution >= 4 is 29.0 Å². The largest absolute Gasteiger partial charge is 0.433 e. The Morgan fingerprint density at radius 3 is 2.52 bits per heavy atom. The van der Waals surface area contributed by atoms with Crippen LogP contribution in [0.2, 0.25) is 0 Å². The number of halogens is 3. The number of thioether (sulfide) groups is 1. The zero-order valence-corrected chi connectivity index (χ0v) is 13.0. The molecule has 0 atom stereocenters. The van der Waals surface area contributed by atoms with Gasteiger partial charge in [-0.25, -0.2) is 4.98 Å². The topological polar surface area (TPSA) is 118 Å². The molecule has 1 aromatic heterocycles. The number of non-ortho nitro benzene ring substituents is 1. The Hall–Kier alpha value is -2.89. The Kier molecular flexibility index (Phi) is 5.41. The molecule has 2 aromatic rings. The molecule has 8 nitrogen and oxygen atoms in total. The predicted molar refractivity (Wildman–Crippen MR) is 82.3 cm³/mol. The number of nitrogens with zero attached hydrogens (tertiary/aromatic N) is 2. The van der Waals surface area contributed by atoms with E-state index in [0.717, 1.165) is 0 Å². The summed E-state index contributed by atoms with van der Waals surface area (Å²) in [4.78, 5) is 38.2. The SMILES string of the molecule is O=C(CSc1nc(C(F)(F)F)cc(=O)[nH]1)Nc1ccc([N+](=O)[O-])cc1. The first-order valence-corrected chi connectivity index (χ1v) is 7.49. The third-order valence-electron chi connectivity index (χ3n) is 2.71. The number of alkyl halides is 3. The number of carbonyl (C=O) groups is 1. The van der Waals surface area contributed by atoms with E-state index < -0.39 is 28.3 Å². The van der Waals surface area contributed by atoms with E-state index in [0.29, 0.717) is 17.8 Å². The number of H-pyrrole nitrogens is 1. The van der Waals surface area contributed by atoms with Crippen LogP contribution in [-0.2, 0) is 11.0 Å². The van der Waals surface area contributed by atoms with Crippen molar-refractivity contribution in [3.63, 3.8) is 0 Å². The number of amides is 1. The number of aromatic nitrogens is 2. The van der Waals surface area contributed by atoms with Gasteiger partial charge in [-0.1, -0.05) is 11.8 Å². The molecule has 1 amide bonds. The number of benzene rings is 1. The first-order valence-electron chi connectivity index (χ1n) is 6.51. The van der Waals surface area contributed by atoms with Gasteiger partial charge in [0.25, 0.3) is 11.2 Å². The van der Waals surface area contributed by atoms with Crippen molar-refractivity contribution in [2.75, 3.05) is 11.1 Å². The fraction of sp³-hybridized carbons (Fsp3) is 0.154. The first-order chi connectivity index (χ1) is 11.6. The number of nitrogens with one attached hydrogen (secondary N) is 2. The molecule has 0 bridgehead atoms. The highest BCUT2D eigenvalue weighted by Crippen LogP contribution is 2.27. The molecule has 0 spiro atoms. The smallest absolute Gasteiger partial charge is 0.325 e. The summed E-state index contributed by atoms with van der Waals surface area (Å²) in [5.41, 5.74) is -2.21. The van der Waals surface area contributed by atoms with Crippen molar-refractivity contribution in [3.05, 3.63) is 56.5 Å². The number of nitro groups is 1. The molecule has 0 radical (unpaired) electrons. The van der Waals surface area contributed by atoms with Gasteiger partial charge in [-0.05, 0) is 12.1 Å². The van der Waals surface area contributed by atoms with E-state index in [1.165, 1.54) is 24.3 Å². The quantitative estimate of drug-likeness (QED) is 0.359. The lowest BCUT2D eigenvalue weighted by Gasteiger charge is -2.07. The Balaban J connectivity index is 1.99. The zero-order valence-electron chi connectivity index (χ0n) is 12.2. The minimum Gasteiger partial charge on any atom is -0.325 e. The lowest BCUT2D eigenvalue weighted by Crippen LogP contribution is -2.18. The third kappa shape index (κ3) is 5.31. The second-order valence-electron chi connectivity index (χ2n) is 4.57. The van der Waals surface area contributed by atoms with E-state index in [1.54, 1.807) is 0 Å². The van der Waals surface area contributed by atoms with Crippen LogP contribution in [0.3, 0.4) is 0 Å². The normalized spacial score (nSPS) is 11.2. The number of aromatic amines is 1. The van der Waals surface area contributed by atoms with E-state index in [-0.39, 0.29) is 22.3 Å². The average molecular weight is 374 g/mol. The summed E-state index contributed by atoms with van der Waals surface area (Å²) in [6, 6.07) is 5.32. The Labute approximate surface area is 141 Å². The highest BCUT2D eigenvalue weighted by Gasteiger charge is 2.33. The fourth-order valence-corrected chi connectivity index (χ4v) is 2.32. The molecule has 12 heteroatoms. The first kappa shape index (κ1) is 18.4. The van der Waals surface area contributed by atoms with Crippen molar-refractivity contribution in [2.45, 2.75) is 11.3 Å². The minimum absolute atomic E-state index is 0.155. The second kappa shape index (κ2) is 7.34. The van der Waals surface area contributed by atoms with Gasteiger partial charge in [0.15, 0.2) is 10.9 Å². The van der Waals surface area contributed by atoms with Crippen LogP contribution < -0.4 is 10.9 Å². The molecule has 0 unspecified atom stereocenters. The molecule has 0 aliphatic heterocycles. The van der Waals surface area contributed by atoms with Crippen molar-refractivity contribution in [3.8, 4) is 0 Å². The van der Waals surface area contributed by atoms with Gasteiger partial charge in [-0.3, -0.25) is 19.7 Å². The lowest BCUT2D eigenvalue weighted by atomic mass is 10.3. The average Bonchev–Trinajstić information content (AvgIpc) is 2.52. The van der Waals surface area contributed by atoms with Crippen LogP contribution in [0.5, 0.6) is 0 Å². The molecule has 25 heavy (non-hydrogen) atoms. The number of nitro benzene ring substituents is 1. The monoisotopic (exact) mass is 374 g/mol. The number of rotatable bonds is 5. The van der Waals surface area contributed by atoms with E-state index in [1.807, 2.05) is 0 Å². The van der Waals surface area contributed by atoms with Crippen LogP contribution in [0.4, 0.5) is 24.5 Å². The maximum atomic E-state index is 12.6. The van der Waals surface area contributed by atoms with Gasteiger partial charge in [0, 0.05) is 23.9 Å². The Bertz CT molecular complexity index is 852. The fourth-order valence-electron chi connectivity index (χ4n) is 1.65. The number of anilines is 1. The van der Waals surface area contributed by atoms with Crippen LogP contribution in [0.25, 0.3) is 0 Å². The molecular formula is C13H9F3N4O4S. The zero-order chi connectivity index (χ0) is 18.6. The summed E-state index contributed by atoms with van der Waals surface area (Å²) in [5.74, 6) is -0.903. The minimum atomic E-state index is -4.77. The van der Waals surface area contributed by atoms with Crippen molar-refractivity contribution < 1.29 is 22.9 Å². The molecule has 0 fully saturated rings. The molecule has 132 valence electrons. The maximum Gasteiger partial charge on any atom is 0.433 e. The Morgan fingerprint density at radius 1 is 1.32 bits per heavy atom. The highest BCUT2D eigenvalue weighted by atomic mass is 32.2. The van der Waals surface area contributed by atoms with Crippen molar-refractivity contribution in [1.82, 2.24) is 9.97 Å². The molecule has 2 N–H and O–H groups in total. The van der Waals surface area contributed by atoms with Crippen LogP contribution in [-0.4, -0.2) is 26.6 Å². The maximum absolute atomic E-state index is 12.6. The van der Waals surface area contributed by atoms with E-state index in [2.05, 4.69) is 15.3 Å². The summed E-state index contributed by atoms with van der Waals surface area (Å²) < 4.78 is 37.7. The van der Waals surface area contributed by atoms with Crippen molar-refractivity contribution in [2.24, 2.45) is 0 Å². The van der Waals surface area contributed by atoms with E-state index >= 15 is 0 Å². The van der Waals surface area contributed by atoms with Crippen LogP contribution >= 0.6 is 11.8 Å². The molecule has 0 aliphatic rings. The second-order valence-corrected chi connectivity index (χ2v) is 5.54. The lowest BCUT2D eigenvalue weighted by molar-refractivity contribution is -0.384. The summed E-state index contributed by atoms with van der Waals surface area (Å²) in [6.45, 7) is 0. The van der Waals surface area contributed by atoms with Gasteiger partial charge in [0.1, 0.15) is 0 Å². The standard InChI is InChI=1S/C13H9F3N4O4S/c14-13(15,16)9-5-10(21)19-12(18-9)25-6-11(22)17-7-1-3-8(4-2-7)20(23)24/h1-5H,6H2,(H,17,22)(H,18,19,21). The third-order valence-corrected chi connectivity index (χ3v) is 3.59. The summed E-state index contributed by atoms with van der Waals surface area (Å²) in [5, 5.41) is 12.6. The summed E-state index contributed by atoms with van der Waals surface area (Å²) >= 11 is 0.613. The molecule has 1 aromatic carbocycles. The van der Waals surface area contributed by atoms with Crippen LogP contribution in [0.1, 0.15) is 5.69 Å². The molecule has 1 heterocycles. The van der Waals surface area contributed by atoms with Crippen LogP contribution in [0.15, 0.2) is 40.3 Å². The van der Waals surface area contributed by atoms with Gasteiger partial charge < -0.3 is 10.3 Å². The van der Waals surface area contributed by atoms with E-state index in [9.17, 15) is 32.9 Å². The van der Waals surface area contributed by atoms with Gasteiger partial charge in [0.05, 0.1) is 10.7 Å². The van der Waals surface area contributed by atoms with Gasteiger partial charge in [0.2, 0.25) is 5.91 Å². The molecule has 0 saturated heterocycles. The highest BCUT2D eigenvalue weighted by molar-refractivity contribution is 7.99. The van der Waals surface area contributed by atoms with Gasteiger partial charge >= 0.3 is 6.18 Å². The summed E-state index contributed by atoms with van der Waals surface area (Å²) in [6.07, 6.45) is -4.77. The van der Waals surface area contributed by atoms with E-state index in [4.69, 9.17) is 0 Å². The summed E-state index contributed by atoms with van der Waals surface area (Å²) in [7, 11) is 0. The van der Waals surface area contributed by atoms with Gasteiger partial charge in [-0.2, -0.15) is 13.2 Å². The Morgan fingerprint density at radius 2 is 1.96 bits per heavy atom.